The molecule has 1 heterocycles. The predicted octanol–water partition coefficient (Wildman–Crippen LogP) is 3.38. The zero-order chi connectivity index (χ0) is 26.0. The third-order valence-electron chi connectivity index (χ3n) is 6.33. The van der Waals surface area contributed by atoms with E-state index in [1.54, 1.807) is 0 Å². The lowest BCUT2D eigenvalue weighted by Gasteiger charge is -2.32. The maximum absolute atomic E-state index is 13.4. The van der Waals surface area contributed by atoms with E-state index in [9.17, 15) is 22.4 Å². The molecule has 2 aromatic rings. The number of hydrogen-bond acceptors (Lipinski definition) is 5. The van der Waals surface area contributed by atoms with Crippen molar-refractivity contribution in [1.82, 2.24) is 14.5 Å². The standard InChI is InChI=1S/C23H26Cl2FN5O4S/c24-19-10-7-17(13-20(19)25)29-23(33)30-11-12-31(36(34,35)18-8-1-14(26)2-9-18)22(30)21(32)28-16-5-3-15(27)4-6-16/h1-2,7-10,13,15-16,22H,3-6,11-12,27H2,(H,28,32)(H,29,33). The van der Waals surface area contributed by atoms with Crippen LogP contribution in [0, 0.1) is 5.82 Å². The van der Waals surface area contributed by atoms with Gasteiger partial charge in [-0.3, -0.25) is 9.69 Å². The van der Waals surface area contributed by atoms with Crippen molar-refractivity contribution in [1.29, 1.82) is 0 Å². The minimum Gasteiger partial charge on any atom is -0.350 e. The molecule has 2 aromatic carbocycles. The first kappa shape index (κ1) is 26.6. The summed E-state index contributed by atoms with van der Waals surface area (Å²) in [5.74, 6) is -1.22. The largest absolute Gasteiger partial charge is 0.350 e. The molecule has 13 heteroatoms. The molecule has 0 bridgehead atoms. The number of nitrogens with zero attached hydrogens (tertiary/aromatic N) is 2. The van der Waals surface area contributed by atoms with Crippen LogP contribution in [-0.2, 0) is 14.8 Å². The molecule has 0 aromatic heterocycles. The Labute approximate surface area is 218 Å². The second-order valence-corrected chi connectivity index (χ2v) is 11.5. The van der Waals surface area contributed by atoms with Crippen molar-refractivity contribution in [3.8, 4) is 0 Å². The van der Waals surface area contributed by atoms with Crippen LogP contribution in [0.3, 0.4) is 0 Å². The molecule has 36 heavy (non-hydrogen) atoms. The van der Waals surface area contributed by atoms with Gasteiger partial charge in [0.25, 0.3) is 5.91 Å². The van der Waals surface area contributed by atoms with E-state index in [4.69, 9.17) is 28.9 Å². The van der Waals surface area contributed by atoms with Crippen LogP contribution >= 0.6 is 23.2 Å². The van der Waals surface area contributed by atoms with Crippen LogP contribution in [0.5, 0.6) is 0 Å². The monoisotopic (exact) mass is 557 g/mol. The fourth-order valence-electron chi connectivity index (χ4n) is 4.39. The van der Waals surface area contributed by atoms with E-state index in [0.717, 1.165) is 46.3 Å². The zero-order valence-corrected chi connectivity index (χ0v) is 21.5. The van der Waals surface area contributed by atoms with Gasteiger partial charge in [-0.25, -0.2) is 17.6 Å². The Hall–Kier alpha value is -2.44. The van der Waals surface area contributed by atoms with Crippen LogP contribution in [0.2, 0.25) is 10.0 Å². The van der Waals surface area contributed by atoms with Crippen LogP contribution in [0.15, 0.2) is 47.4 Å². The van der Waals surface area contributed by atoms with Crippen LogP contribution in [0.25, 0.3) is 0 Å². The average molecular weight is 558 g/mol. The van der Waals surface area contributed by atoms with Crippen LogP contribution in [0.1, 0.15) is 25.7 Å². The van der Waals surface area contributed by atoms with Gasteiger partial charge in [0.1, 0.15) is 5.82 Å². The zero-order valence-electron chi connectivity index (χ0n) is 19.2. The lowest BCUT2D eigenvalue weighted by Crippen LogP contribution is -2.56. The molecular formula is C23H26Cl2FN5O4S. The van der Waals surface area contributed by atoms with Crippen molar-refractivity contribution < 1.29 is 22.4 Å². The summed E-state index contributed by atoms with van der Waals surface area (Å²) in [6.45, 7) is -0.163. The summed E-state index contributed by atoms with van der Waals surface area (Å²) in [6.07, 6.45) is 1.32. The lowest BCUT2D eigenvalue weighted by atomic mass is 9.92. The van der Waals surface area contributed by atoms with Gasteiger partial charge in [0.2, 0.25) is 10.0 Å². The first-order valence-electron chi connectivity index (χ1n) is 11.4. The van der Waals surface area contributed by atoms with Gasteiger partial charge >= 0.3 is 6.03 Å². The third kappa shape index (κ3) is 5.76. The Bertz CT molecular complexity index is 1240. The van der Waals surface area contributed by atoms with Crippen molar-refractivity contribution in [2.24, 2.45) is 5.73 Å². The molecule has 2 fully saturated rings. The molecule has 2 aliphatic rings. The highest BCUT2D eigenvalue weighted by atomic mass is 35.5. The van der Waals surface area contributed by atoms with E-state index in [1.165, 1.54) is 18.2 Å². The molecular weight excluding hydrogens is 532 g/mol. The average Bonchev–Trinajstić information content (AvgIpc) is 3.30. The number of rotatable bonds is 5. The summed E-state index contributed by atoms with van der Waals surface area (Å²) in [7, 11) is -4.23. The fourth-order valence-corrected chi connectivity index (χ4v) is 6.24. The van der Waals surface area contributed by atoms with E-state index in [1.807, 2.05) is 0 Å². The quantitative estimate of drug-likeness (QED) is 0.519. The fraction of sp³-hybridized carbons (Fsp3) is 0.391. The predicted molar refractivity (Wildman–Crippen MR) is 135 cm³/mol. The summed E-state index contributed by atoms with van der Waals surface area (Å²) < 4.78 is 41.2. The highest BCUT2D eigenvalue weighted by molar-refractivity contribution is 7.89. The highest BCUT2D eigenvalue weighted by Crippen LogP contribution is 2.28. The molecule has 9 nitrogen and oxygen atoms in total. The second kappa shape index (κ2) is 10.9. The molecule has 194 valence electrons. The molecule has 1 atom stereocenters. The van der Waals surface area contributed by atoms with Crippen molar-refractivity contribution >= 4 is 50.9 Å². The lowest BCUT2D eigenvalue weighted by molar-refractivity contribution is -0.128. The Morgan fingerprint density at radius 1 is 0.972 bits per heavy atom. The Morgan fingerprint density at radius 3 is 2.28 bits per heavy atom. The van der Waals surface area contributed by atoms with Gasteiger partial charge in [0.15, 0.2) is 6.17 Å². The summed E-state index contributed by atoms with van der Waals surface area (Å²) in [4.78, 5) is 27.6. The van der Waals surface area contributed by atoms with E-state index in [-0.39, 0.29) is 35.1 Å². The SMILES string of the molecule is NC1CCC(NC(=O)C2N(C(=O)Nc3ccc(Cl)c(Cl)c3)CCN2S(=O)(=O)c2ccc(F)cc2)CC1. The number of benzene rings is 2. The van der Waals surface area contributed by atoms with Crippen LogP contribution in [-0.4, -0.2) is 60.9 Å². The molecule has 1 aliphatic carbocycles. The minimum atomic E-state index is -4.23. The molecule has 3 amide bonds. The third-order valence-corrected chi connectivity index (χ3v) is 8.94. The number of halogens is 3. The number of nitrogens with one attached hydrogen (secondary N) is 2. The Morgan fingerprint density at radius 2 is 1.64 bits per heavy atom. The van der Waals surface area contributed by atoms with Gasteiger partial charge in [-0.2, -0.15) is 4.31 Å². The first-order valence-corrected chi connectivity index (χ1v) is 13.6. The minimum absolute atomic E-state index is 0.0405. The number of carbonyl (C=O) groups excluding carboxylic acids is 2. The Balaban J connectivity index is 1.61. The Kier molecular flexibility index (Phi) is 8.06. The van der Waals surface area contributed by atoms with Crippen LogP contribution < -0.4 is 16.4 Å². The smallest absolute Gasteiger partial charge is 0.323 e. The molecule has 1 saturated carbocycles. The highest BCUT2D eigenvalue weighted by Gasteiger charge is 2.47. The molecule has 4 N–H and O–H groups in total. The van der Waals surface area contributed by atoms with Crippen molar-refractivity contribution in [2.45, 2.75) is 48.8 Å². The van der Waals surface area contributed by atoms with E-state index >= 15 is 0 Å². The number of carbonyl (C=O) groups is 2. The van der Waals surface area contributed by atoms with Crippen molar-refractivity contribution in [3.63, 3.8) is 0 Å². The summed E-state index contributed by atoms with van der Waals surface area (Å²) >= 11 is 12.0. The topological polar surface area (TPSA) is 125 Å². The molecule has 0 radical (unpaired) electrons. The number of urea groups is 1. The summed E-state index contributed by atoms with van der Waals surface area (Å²) in [6, 6.07) is 7.99. The number of sulfonamides is 1. The van der Waals surface area contributed by atoms with E-state index in [2.05, 4.69) is 10.6 Å². The van der Waals surface area contributed by atoms with E-state index < -0.39 is 33.9 Å². The summed E-state index contributed by atoms with van der Waals surface area (Å²) in [5, 5.41) is 6.06. The molecule has 0 spiro atoms. The maximum atomic E-state index is 13.4. The number of nitrogens with two attached hydrogens (primary N) is 1. The number of anilines is 1. The van der Waals surface area contributed by atoms with Gasteiger partial charge in [0.05, 0.1) is 14.9 Å². The van der Waals surface area contributed by atoms with Gasteiger partial charge in [-0.1, -0.05) is 23.2 Å². The molecule has 4 rings (SSSR count). The molecule has 1 saturated heterocycles. The first-order chi connectivity index (χ1) is 17.1. The summed E-state index contributed by atoms with van der Waals surface area (Å²) in [5.41, 5.74) is 6.28. The van der Waals surface area contributed by atoms with Gasteiger partial charge in [-0.05, 0) is 68.1 Å². The number of hydrogen-bond donors (Lipinski definition) is 3. The normalized spacial score (nSPS) is 22.9. The molecule has 1 aliphatic heterocycles. The number of amides is 3. The van der Waals surface area contributed by atoms with Crippen LogP contribution in [0.4, 0.5) is 14.9 Å². The van der Waals surface area contributed by atoms with Crippen molar-refractivity contribution in [3.05, 3.63) is 58.3 Å². The second-order valence-electron chi connectivity index (χ2n) is 8.82. The molecule has 1 unspecified atom stereocenters. The van der Waals surface area contributed by atoms with E-state index in [0.29, 0.717) is 23.6 Å². The van der Waals surface area contributed by atoms with Gasteiger partial charge in [0, 0.05) is 30.9 Å². The van der Waals surface area contributed by atoms with Crippen molar-refractivity contribution in [2.75, 3.05) is 18.4 Å². The maximum Gasteiger partial charge on any atom is 0.323 e. The van der Waals surface area contributed by atoms with Gasteiger partial charge in [-0.15, -0.1) is 0 Å². The van der Waals surface area contributed by atoms with Gasteiger partial charge < -0.3 is 16.4 Å².